The summed E-state index contributed by atoms with van der Waals surface area (Å²) in [6.07, 6.45) is 1.23. The molecule has 0 fully saturated rings. The zero-order valence-electron chi connectivity index (χ0n) is 11.1. The molecule has 0 spiro atoms. The highest BCUT2D eigenvalue weighted by Crippen LogP contribution is 2.07. The maximum absolute atomic E-state index is 11.6. The Morgan fingerprint density at radius 2 is 1.89 bits per heavy atom. The van der Waals surface area contributed by atoms with E-state index in [2.05, 4.69) is 15.5 Å². The molecule has 1 rings (SSSR count). The molecular weight excluding hydrogens is 250 g/mol. The molecule has 1 aromatic heterocycles. The molecule has 0 aliphatic carbocycles. The van der Waals surface area contributed by atoms with Gasteiger partial charge in [0.15, 0.2) is 11.4 Å². The summed E-state index contributed by atoms with van der Waals surface area (Å²) < 4.78 is 9.58. The minimum absolute atomic E-state index is 0.178. The van der Waals surface area contributed by atoms with Crippen LogP contribution < -0.4 is 5.32 Å². The van der Waals surface area contributed by atoms with E-state index in [0.29, 0.717) is 5.82 Å². The molecule has 1 heterocycles. The van der Waals surface area contributed by atoms with E-state index < -0.39 is 11.9 Å². The van der Waals surface area contributed by atoms with Crippen LogP contribution in [0.2, 0.25) is 0 Å². The highest BCUT2D eigenvalue weighted by Gasteiger charge is 2.20. The molecule has 19 heavy (non-hydrogen) atoms. The predicted molar refractivity (Wildman–Crippen MR) is 68.3 cm³/mol. The quantitative estimate of drug-likeness (QED) is 0.347. The van der Waals surface area contributed by atoms with Crippen LogP contribution in [0.1, 0.15) is 19.5 Å². The zero-order valence-corrected chi connectivity index (χ0v) is 11.1. The number of hydrogen-bond donors (Lipinski definition) is 2. The summed E-state index contributed by atoms with van der Waals surface area (Å²) >= 11 is 0. The number of ether oxygens (including phenoxy) is 2. The number of hydrogen-bond acceptors (Lipinski definition) is 6. The van der Waals surface area contributed by atoms with E-state index in [1.165, 1.54) is 6.20 Å². The van der Waals surface area contributed by atoms with Crippen molar-refractivity contribution in [1.82, 2.24) is 10.2 Å². The molecule has 0 radical (unpaired) electrons. The minimum atomic E-state index is -0.735. The molecule has 0 aliphatic rings. The summed E-state index contributed by atoms with van der Waals surface area (Å²) in [6.45, 7) is 5.50. The molecule has 0 aromatic carbocycles. The standard InChI is InChI=1S/C12H17N3O4/c1-4-18-11(16)9(12(17)19-5-2)7-13-10-6-8(3)14-15-10/h6-7H,4-5H2,1-3H3,(H2,13,14,15). The van der Waals surface area contributed by atoms with Gasteiger partial charge in [0.25, 0.3) is 0 Å². The molecule has 0 unspecified atom stereocenters. The summed E-state index contributed by atoms with van der Waals surface area (Å²) in [4.78, 5) is 23.3. The zero-order chi connectivity index (χ0) is 14.3. The first-order chi connectivity index (χ1) is 9.08. The number of aromatic nitrogens is 2. The highest BCUT2D eigenvalue weighted by molar-refractivity contribution is 6.14. The molecule has 0 saturated heterocycles. The maximum atomic E-state index is 11.6. The van der Waals surface area contributed by atoms with Crippen LogP contribution in [-0.4, -0.2) is 35.3 Å². The molecule has 7 heteroatoms. The highest BCUT2D eigenvalue weighted by atomic mass is 16.6. The van der Waals surface area contributed by atoms with Gasteiger partial charge < -0.3 is 14.8 Å². The van der Waals surface area contributed by atoms with Crippen molar-refractivity contribution < 1.29 is 19.1 Å². The topological polar surface area (TPSA) is 93.3 Å². The lowest BCUT2D eigenvalue weighted by atomic mass is 10.3. The predicted octanol–water partition coefficient (Wildman–Crippen LogP) is 1.14. The Balaban J connectivity index is 2.82. The van der Waals surface area contributed by atoms with Crippen LogP contribution in [0.3, 0.4) is 0 Å². The van der Waals surface area contributed by atoms with Gasteiger partial charge in [-0.15, -0.1) is 0 Å². The van der Waals surface area contributed by atoms with Crippen molar-refractivity contribution in [2.75, 3.05) is 18.5 Å². The van der Waals surface area contributed by atoms with Crippen LogP contribution in [0.4, 0.5) is 5.82 Å². The van der Waals surface area contributed by atoms with E-state index in [0.717, 1.165) is 5.69 Å². The molecular formula is C12H17N3O4. The van der Waals surface area contributed by atoms with Gasteiger partial charge in [-0.1, -0.05) is 0 Å². The van der Waals surface area contributed by atoms with Gasteiger partial charge in [-0.2, -0.15) is 5.10 Å². The third-order valence-corrected chi connectivity index (χ3v) is 2.06. The lowest BCUT2D eigenvalue weighted by molar-refractivity contribution is -0.146. The molecule has 0 amide bonds. The van der Waals surface area contributed by atoms with Gasteiger partial charge in [0, 0.05) is 18.0 Å². The first kappa shape index (κ1) is 14.7. The second kappa shape index (κ2) is 7.20. The molecule has 0 aliphatic heterocycles. The summed E-state index contributed by atoms with van der Waals surface area (Å²) in [5.41, 5.74) is 0.647. The number of H-pyrrole nitrogens is 1. The molecule has 104 valence electrons. The Morgan fingerprint density at radius 1 is 1.32 bits per heavy atom. The van der Waals surface area contributed by atoms with Gasteiger partial charge in [0.05, 0.1) is 13.2 Å². The minimum Gasteiger partial charge on any atom is -0.462 e. The van der Waals surface area contributed by atoms with Crippen molar-refractivity contribution in [3.63, 3.8) is 0 Å². The fourth-order valence-electron chi connectivity index (χ4n) is 1.26. The number of carbonyl (C=O) groups excluding carboxylic acids is 2. The fourth-order valence-corrected chi connectivity index (χ4v) is 1.26. The second-order valence-corrected chi connectivity index (χ2v) is 3.58. The number of aromatic amines is 1. The van der Waals surface area contributed by atoms with E-state index in [1.54, 1.807) is 19.9 Å². The van der Waals surface area contributed by atoms with E-state index in [1.807, 2.05) is 6.92 Å². The summed E-state index contributed by atoms with van der Waals surface area (Å²) in [5.74, 6) is -0.981. The maximum Gasteiger partial charge on any atom is 0.347 e. The first-order valence-corrected chi connectivity index (χ1v) is 5.91. The fraction of sp³-hybridized carbons (Fsp3) is 0.417. The third kappa shape index (κ3) is 4.46. The van der Waals surface area contributed by atoms with Gasteiger partial charge in [0.2, 0.25) is 0 Å². The van der Waals surface area contributed by atoms with E-state index in [9.17, 15) is 9.59 Å². The Morgan fingerprint density at radius 3 is 2.32 bits per heavy atom. The van der Waals surface area contributed by atoms with Crippen LogP contribution >= 0.6 is 0 Å². The largest absolute Gasteiger partial charge is 0.462 e. The Labute approximate surface area is 111 Å². The van der Waals surface area contributed by atoms with E-state index in [4.69, 9.17) is 9.47 Å². The van der Waals surface area contributed by atoms with Crippen molar-refractivity contribution in [3.05, 3.63) is 23.5 Å². The number of nitrogens with one attached hydrogen (secondary N) is 2. The van der Waals surface area contributed by atoms with Crippen LogP contribution in [0, 0.1) is 6.92 Å². The SMILES string of the molecule is CCOC(=O)C(=CNc1cc(C)[nH]n1)C(=O)OCC. The van der Waals surface area contributed by atoms with Gasteiger partial charge in [-0.25, -0.2) is 9.59 Å². The van der Waals surface area contributed by atoms with Crippen molar-refractivity contribution in [2.24, 2.45) is 0 Å². The van der Waals surface area contributed by atoms with Crippen LogP contribution in [-0.2, 0) is 19.1 Å². The average molecular weight is 267 g/mol. The van der Waals surface area contributed by atoms with E-state index in [-0.39, 0.29) is 18.8 Å². The lowest BCUT2D eigenvalue weighted by Crippen LogP contribution is -2.19. The summed E-state index contributed by atoms with van der Waals surface area (Å²) in [7, 11) is 0. The smallest absolute Gasteiger partial charge is 0.347 e. The summed E-state index contributed by atoms with van der Waals surface area (Å²) in [6, 6.07) is 1.73. The Bertz CT molecular complexity index is 459. The summed E-state index contributed by atoms with van der Waals surface area (Å²) in [5, 5.41) is 9.38. The monoisotopic (exact) mass is 267 g/mol. The van der Waals surface area contributed by atoms with Crippen LogP contribution in [0.15, 0.2) is 17.8 Å². The van der Waals surface area contributed by atoms with Crippen molar-refractivity contribution >= 4 is 17.8 Å². The second-order valence-electron chi connectivity index (χ2n) is 3.58. The van der Waals surface area contributed by atoms with Gasteiger partial charge >= 0.3 is 11.9 Å². The molecule has 0 bridgehead atoms. The van der Waals surface area contributed by atoms with Gasteiger partial charge in [0.1, 0.15) is 0 Å². The Hall–Kier alpha value is -2.31. The number of esters is 2. The normalized spacial score (nSPS) is 9.63. The van der Waals surface area contributed by atoms with Crippen LogP contribution in [0.25, 0.3) is 0 Å². The van der Waals surface area contributed by atoms with Gasteiger partial charge in [-0.05, 0) is 20.8 Å². The molecule has 7 nitrogen and oxygen atoms in total. The van der Waals surface area contributed by atoms with Crippen LogP contribution in [0.5, 0.6) is 0 Å². The van der Waals surface area contributed by atoms with Crippen molar-refractivity contribution in [3.8, 4) is 0 Å². The number of aryl methyl sites for hydroxylation is 1. The number of rotatable bonds is 6. The third-order valence-electron chi connectivity index (χ3n) is 2.06. The lowest BCUT2D eigenvalue weighted by Gasteiger charge is -2.06. The van der Waals surface area contributed by atoms with E-state index >= 15 is 0 Å². The molecule has 2 N–H and O–H groups in total. The molecule has 0 saturated carbocycles. The number of anilines is 1. The number of nitrogens with zero attached hydrogens (tertiary/aromatic N) is 1. The molecule has 0 atom stereocenters. The average Bonchev–Trinajstić information content (AvgIpc) is 2.76. The van der Waals surface area contributed by atoms with Crippen molar-refractivity contribution in [2.45, 2.75) is 20.8 Å². The Kier molecular flexibility index (Phi) is 5.59. The van der Waals surface area contributed by atoms with Crippen molar-refractivity contribution in [1.29, 1.82) is 0 Å². The van der Waals surface area contributed by atoms with Gasteiger partial charge in [-0.3, -0.25) is 5.10 Å². The number of carbonyl (C=O) groups is 2. The molecule has 1 aromatic rings. The first-order valence-electron chi connectivity index (χ1n) is 5.91.